The van der Waals surface area contributed by atoms with E-state index < -0.39 is 11.8 Å². The number of carbonyl (C=O) groups excluding carboxylic acids is 1. The fraction of sp³-hybridized carbons (Fsp3) is 0.400. The Morgan fingerprint density at radius 3 is 2.80 bits per heavy atom. The fourth-order valence-corrected chi connectivity index (χ4v) is 2.20. The lowest BCUT2D eigenvalue weighted by Crippen LogP contribution is -2.42. The van der Waals surface area contributed by atoms with E-state index in [1.807, 2.05) is 0 Å². The second-order valence-corrected chi connectivity index (χ2v) is 5.65. The molecule has 108 valence electrons. The highest BCUT2D eigenvalue weighted by Crippen LogP contribution is 2.29. The van der Waals surface area contributed by atoms with Gasteiger partial charge in [-0.3, -0.25) is 4.79 Å². The van der Waals surface area contributed by atoms with E-state index in [4.69, 9.17) is 5.73 Å². The van der Waals surface area contributed by atoms with Crippen LogP contribution < -0.4 is 5.73 Å². The van der Waals surface area contributed by atoms with Gasteiger partial charge in [-0.15, -0.1) is 0 Å². The number of carbonyl (C=O) groups is 1. The molecule has 0 aliphatic carbocycles. The summed E-state index contributed by atoms with van der Waals surface area (Å²) >= 11 is 0. The lowest BCUT2D eigenvalue weighted by atomic mass is 10.0. The molecule has 0 fully saturated rings. The molecule has 0 aromatic heterocycles. The molecule has 1 aliphatic rings. The Bertz CT molecular complexity index is 564. The van der Waals surface area contributed by atoms with Gasteiger partial charge in [-0.05, 0) is 37.1 Å². The van der Waals surface area contributed by atoms with E-state index in [1.54, 1.807) is 18.2 Å². The van der Waals surface area contributed by atoms with Crippen LogP contribution in [-0.4, -0.2) is 34.2 Å². The van der Waals surface area contributed by atoms with Gasteiger partial charge in [-0.1, -0.05) is 12.7 Å². The molecule has 1 heterocycles. The van der Waals surface area contributed by atoms with Crippen LogP contribution in [0.25, 0.3) is 6.08 Å². The van der Waals surface area contributed by atoms with Crippen molar-refractivity contribution in [1.82, 2.24) is 4.90 Å². The smallest absolute Gasteiger partial charge is 0.254 e. The number of fused-ring (bicyclic) bond motifs is 1. The maximum absolute atomic E-state index is 13.9. The number of halogens is 1. The molecule has 0 saturated heterocycles. The number of aliphatic hydroxyl groups is 1. The van der Waals surface area contributed by atoms with Crippen LogP contribution in [0.15, 0.2) is 18.7 Å². The zero-order chi connectivity index (χ0) is 15.1. The molecule has 4 nitrogen and oxygen atoms in total. The number of amides is 1. The molecular weight excluding hydrogens is 259 g/mol. The van der Waals surface area contributed by atoms with Crippen molar-refractivity contribution in [3.8, 4) is 0 Å². The van der Waals surface area contributed by atoms with Crippen molar-refractivity contribution in [1.29, 1.82) is 0 Å². The molecule has 0 spiro atoms. The van der Waals surface area contributed by atoms with Gasteiger partial charge in [-0.25, -0.2) is 4.39 Å². The van der Waals surface area contributed by atoms with Crippen LogP contribution in [-0.2, 0) is 6.54 Å². The Balaban J connectivity index is 2.24. The lowest BCUT2D eigenvalue weighted by molar-refractivity contribution is -0.0159. The highest BCUT2D eigenvalue weighted by molar-refractivity contribution is 5.99. The van der Waals surface area contributed by atoms with Crippen LogP contribution in [0.2, 0.25) is 0 Å². The number of anilines is 1. The summed E-state index contributed by atoms with van der Waals surface area (Å²) in [7, 11) is 0. The zero-order valence-corrected chi connectivity index (χ0v) is 11.7. The third-order valence-electron chi connectivity index (χ3n) is 3.55. The zero-order valence-electron chi connectivity index (χ0n) is 11.7. The minimum absolute atomic E-state index is 0.139. The molecule has 1 aromatic rings. The second kappa shape index (κ2) is 4.90. The number of benzene rings is 1. The summed E-state index contributed by atoms with van der Waals surface area (Å²) < 4.78 is 13.9. The van der Waals surface area contributed by atoms with Crippen molar-refractivity contribution in [2.45, 2.75) is 32.2 Å². The Kier molecular flexibility index (Phi) is 3.56. The highest BCUT2D eigenvalue weighted by Gasteiger charge is 2.34. The van der Waals surface area contributed by atoms with Crippen molar-refractivity contribution in [3.05, 3.63) is 35.4 Å². The lowest BCUT2D eigenvalue weighted by Gasteiger charge is -2.26. The van der Waals surface area contributed by atoms with Gasteiger partial charge >= 0.3 is 0 Å². The molecule has 3 N–H and O–H groups in total. The molecular formula is C15H19FN2O2. The fourth-order valence-electron chi connectivity index (χ4n) is 2.20. The van der Waals surface area contributed by atoms with Gasteiger partial charge in [0, 0.05) is 17.8 Å². The van der Waals surface area contributed by atoms with Gasteiger partial charge < -0.3 is 15.7 Å². The summed E-state index contributed by atoms with van der Waals surface area (Å²) in [6.45, 7) is 6.59. The summed E-state index contributed by atoms with van der Waals surface area (Å²) in [4.78, 5) is 13.6. The van der Waals surface area contributed by atoms with Crippen molar-refractivity contribution >= 4 is 17.7 Å². The van der Waals surface area contributed by atoms with Crippen LogP contribution >= 0.6 is 0 Å². The Morgan fingerprint density at radius 2 is 2.25 bits per heavy atom. The van der Waals surface area contributed by atoms with Crippen LogP contribution in [0.4, 0.5) is 10.1 Å². The minimum atomic E-state index is -1.50. The first kappa shape index (κ1) is 14.5. The molecule has 1 aromatic carbocycles. The molecule has 2 rings (SSSR count). The average Bonchev–Trinajstić information content (AvgIpc) is 2.63. The number of rotatable bonds is 4. The van der Waals surface area contributed by atoms with E-state index in [1.165, 1.54) is 18.7 Å². The second-order valence-electron chi connectivity index (χ2n) is 5.65. The maximum atomic E-state index is 13.9. The number of nitrogen functional groups attached to an aromatic ring is 1. The van der Waals surface area contributed by atoms with E-state index in [2.05, 4.69) is 6.58 Å². The monoisotopic (exact) mass is 278 g/mol. The summed E-state index contributed by atoms with van der Waals surface area (Å²) in [5, 5.41) is 9.63. The van der Waals surface area contributed by atoms with E-state index in [9.17, 15) is 14.3 Å². The van der Waals surface area contributed by atoms with Crippen LogP contribution in [0.1, 0.15) is 35.3 Å². The first-order chi connectivity index (χ1) is 9.24. The number of alkyl halides is 1. The molecule has 1 atom stereocenters. The van der Waals surface area contributed by atoms with Crippen LogP contribution in [0, 0.1) is 0 Å². The third kappa shape index (κ3) is 2.54. The topological polar surface area (TPSA) is 66.6 Å². The van der Waals surface area contributed by atoms with E-state index >= 15 is 0 Å². The number of nitrogens with two attached hydrogens (primary N) is 1. The standard InChI is InChI=1S/C15H19FN2O2/c1-4-9-5-11-10(6-12(9)17)7-18(14(11)19)8-13(16)15(2,3)20/h4-6,13,20H,1,7-8,17H2,2-3H3/t13-/m1/s1. The number of nitrogens with zero attached hydrogens (tertiary/aromatic N) is 1. The van der Waals surface area contributed by atoms with Gasteiger partial charge in [0.15, 0.2) is 0 Å². The van der Waals surface area contributed by atoms with Crippen molar-refractivity contribution < 1.29 is 14.3 Å². The Morgan fingerprint density at radius 1 is 1.60 bits per heavy atom. The van der Waals surface area contributed by atoms with Gasteiger partial charge in [0.2, 0.25) is 0 Å². The van der Waals surface area contributed by atoms with Gasteiger partial charge in [0.25, 0.3) is 5.91 Å². The summed E-state index contributed by atoms with van der Waals surface area (Å²) in [6, 6.07) is 3.40. The SMILES string of the molecule is C=Cc1cc2c(cc1N)CN(C[C@@H](F)C(C)(C)O)C2=O. The molecule has 1 amide bonds. The molecule has 1 aliphatic heterocycles. The van der Waals surface area contributed by atoms with E-state index in [0.29, 0.717) is 23.4 Å². The molecule has 0 radical (unpaired) electrons. The van der Waals surface area contributed by atoms with Crippen molar-refractivity contribution in [2.24, 2.45) is 0 Å². The molecule has 5 heteroatoms. The molecule has 0 bridgehead atoms. The Labute approximate surface area is 117 Å². The van der Waals surface area contributed by atoms with Gasteiger partial charge in [0.05, 0.1) is 12.1 Å². The largest absolute Gasteiger partial charge is 0.398 e. The number of hydrogen-bond donors (Lipinski definition) is 2. The predicted molar refractivity (Wildman–Crippen MR) is 76.9 cm³/mol. The molecule has 20 heavy (non-hydrogen) atoms. The maximum Gasteiger partial charge on any atom is 0.254 e. The highest BCUT2D eigenvalue weighted by atomic mass is 19.1. The van der Waals surface area contributed by atoms with E-state index in [0.717, 1.165) is 5.56 Å². The quantitative estimate of drug-likeness (QED) is 0.828. The first-order valence-corrected chi connectivity index (χ1v) is 6.44. The van der Waals surface area contributed by atoms with Gasteiger partial charge in [-0.2, -0.15) is 0 Å². The predicted octanol–water partition coefficient (Wildman–Crippen LogP) is 1.98. The summed E-state index contributed by atoms with van der Waals surface area (Å²) in [6.07, 6.45) is 0.0809. The van der Waals surface area contributed by atoms with Crippen molar-refractivity contribution in [3.63, 3.8) is 0 Å². The normalized spacial score (nSPS) is 16.2. The minimum Gasteiger partial charge on any atom is -0.398 e. The first-order valence-electron chi connectivity index (χ1n) is 6.44. The van der Waals surface area contributed by atoms with Crippen LogP contribution in [0.3, 0.4) is 0 Å². The Hall–Kier alpha value is -1.88. The number of hydrogen-bond acceptors (Lipinski definition) is 3. The summed E-state index contributed by atoms with van der Waals surface area (Å²) in [5.74, 6) is -0.241. The van der Waals surface area contributed by atoms with Crippen molar-refractivity contribution in [2.75, 3.05) is 12.3 Å². The third-order valence-corrected chi connectivity index (χ3v) is 3.55. The van der Waals surface area contributed by atoms with Gasteiger partial charge in [0.1, 0.15) is 6.17 Å². The average molecular weight is 278 g/mol. The van der Waals surface area contributed by atoms with Crippen LogP contribution in [0.5, 0.6) is 0 Å². The summed E-state index contributed by atoms with van der Waals surface area (Å²) in [5.41, 5.74) is 6.92. The molecule has 0 unspecified atom stereocenters. The van der Waals surface area contributed by atoms with E-state index in [-0.39, 0.29) is 12.5 Å². The molecule has 0 saturated carbocycles.